The van der Waals surface area contributed by atoms with E-state index in [-0.39, 0.29) is 19.3 Å². The van der Waals surface area contributed by atoms with Gasteiger partial charge >= 0.3 is 0 Å². The van der Waals surface area contributed by atoms with E-state index >= 15 is 0 Å². The third kappa shape index (κ3) is 3.96. The SMILES string of the molecule is CCCC(=O)C(C(C=O)N1C(=O)CC(SC)C1=O)N1C(=O)CC(SC)C1=O. The van der Waals surface area contributed by atoms with Crippen LogP contribution in [0, 0.1) is 0 Å². The summed E-state index contributed by atoms with van der Waals surface area (Å²) in [6, 6.07) is -2.96. The lowest BCUT2D eigenvalue weighted by molar-refractivity contribution is -0.155. The van der Waals surface area contributed by atoms with Gasteiger partial charge < -0.3 is 4.79 Å². The highest BCUT2D eigenvalue weighted by Gasteiger charge is 2.52. The molecule has 4 unspecified atom stereocenters. The molecule has 0 N–H and O–H groups in total. The number of likely N-dealkylation sites (tertiary alicyclic amines) is 2. The molecule has 0 spiro atoms. The van der Waals surface area contributed by atoms with Gasteiger partial charge in [0.1, 0.15) is 18.4 Å². The van der Waals surface area contributed by atoms with Gasteiger partial charge in [-0.2, -0.15) is 23.5 Å². The summed E-state index contributed by atoms with van der Waals surface area (Å²) in [4.78, 5) is 76.2. The Morgan fingerprint density at radius 1 is 1.04 bits per heavy atom. The third-order valence-corrected chi connectivity index (χ3v) is 6.59. The van der Waals surface area contributed by atoms with E-state index in [4.69, 9.17) is 0 Å². The van der Waals surface area contributed by atoms with Gasteiger partial charge in [0.2, 0.25) is 23.6 Å². The van der Waals surface area contributed by atoms with Gasteiger partial charge in [-0.3, -0.25) is 33.8 Å². The summed E-state index contributed by atoms with van der Waals surface area (Å²) < 4.78 is 0. The number of hydrogen-bond donors (Lipinski definition) is 0. The quantitative estimate of drug-likeness (QED) is 0.391. The number of amides is 4. The molecule has 2 heterocycles. The molecule has 10 heteroatoms. The predicted molar refractivity (Wildman–Crippen MR) is 101 cm³/mol. The summed E-state index contributed by atoms with van der Waals surface area (Å²) in [6.07, 6.45) is 3.99. The van der Waals surface area contributed by atoms with Crippen molar-refractivity contribution in [2.75, 3.05) is 12.5 Å². The van der Waals surface area contributed by atoms with E-state index < -0.39 is 52.0 Å². The first-order chi connectivity index (χ1) is 12.8. The molecule has 0 aromatic carbocycles. The zero-order chi connectivity index (χ0) is 20.3. The van der Waals surface area contributed by atoms with Crippen LogP contribution in [-0.2, 0) is 28.8 Å². The number of nitrogens with zero attached hydrogens (tertiary/aromatic N) is 2. The summed E-state index contributed by atoms with van der Waals surface area (Å²) in [5.41, 5.74) is 0. The fraction of sp³-hybridized carbons (Fsp3) is 0.647. The van der Waals surface area contributed by atoms with Crippen LogP contribution in [0.15, 0.2) is 0 Å². The van der Waals surface area contributed by atoms with Gasteiger partial charge in [0.05, 0.1) is 10.5 Å². The Kier molecular flexibility index (Phi) is 7.21. The van der Waals surface area contributed by atoms with E-state index in [0.717, 1.165) is 9.80 Å². The first-order valence-corrected chi connectivity index (χ1v) is 11.1. The molecule has 0 aromatic rings. The number of rotatable bonds is 9. The van der Waals surface area contributed by atoms with Gasteiger partial charge in [-0.1, -0.05) is 6.92 Å². The average Bonchev–Trinajstić information content (AvgIpc) is 3.08. The molecule has 4 atom stereocenters. The lowest BCUT2D eigenvalue weighted by Crippen LogP contribution is -2.59. The maximum absolute atomic E-state index is 12.8. The monoisotopic (exact) mass is 414 g/mol. The van der Waals surface area contributed by atoms with Crippen LogP contribution in [0.1, 0.15) is 32.6 Å². The largest absolute Gasteiger partial charge is 0.301 e. The second-order valence-corrected chi connectivity index (χ2v) is 8.43. The lowest BCUT2D eigenvalue weighted by atomic mass is 9.98. The standard InChI is InChI=1S/C17H22N2O6S2/c1-4-5-10(21)15(19-14(23)7-12(27-3)17(19)25)9(8-20)18-13(22)6-11(26-2)16(18)24/h8-9,11-12,15H,4-7H2,1-3H3. The summed E-state index contributed by atoms with van der Waals surface area (Å²) in [6.45, 7) is 1.75. The second-order valence-electron chi connectivity index (χ2n) is 6.35. The average molecular weight is 415 g/mol. The predicted octanol–water partition coefficient (Wildman–Crippen LogP) is 0.273. The maximum atomic E-state index is 12.8. The number of ketones is 1. The number of thioether (sulfide) groups is 2. The van der Waals surface area contributed by atoms with Gasteiger partial charge in [-0.25, -0.2) is 0 Å². The third-order valence-electron chi connectivity index (χ3n) is 4.72. The Hall–Kier alpha value is -1.68. The molecule has 2 saturated heterocycles. The van der Waals surface area contributed by atoms with E-state index in [0.29, 0.717) is 12.7 Å². The van der Waals surface area contributed by atoms with Crippen LogP contribution < -0.4 is 0 Å². The Bertz CT molecular complexity index is 682. The molecule has 2 aliphatic rings. The molecule has 27 heavy (non-hydrogen) atoms. The van der Waals surface area contributed by atoms with Crippen molar-refractivity contribution in [1.29, 1.82) is 0 Å². The van der Waals surface area contributed by atoms with E-state index in [1.165, 1.54) is 23.5 Å². The summed E-state index contributed by atoms with van der Waals surface area (Å²) in [5, 5.41) is -1.27. The number of hydrogen-bond acceptors (Lipinski definition) is 8. The van der Waals surface area contributed by atoms with Crippen LogP contribution >= 0.6 is 23.5 Å². The highest BCUT2D eigenvalue weighted by atomic mass is 32.2. The molecular weight excluding hydrogens is 392 g/mol. The fourth-order valence-corrected chi connectivity index (χ4v) is 4.63. The summed E-state index contributed by atoms with van der Waals surface area (Å²) >= 11 is 2.36. The molecule has 2 rings (SSSR count). The van der Waals surface area contributed by atoms with Crippen molar-refractivity contribution in [3.63, 3.8) is 0 Å². The molecule has 0 aliphatic carbocycles. The zero-order valence-electron chi connectivity index (χ0n) is 15.4. The van der Waals surface area contributed by atoms with E-state index in [1.54, 1.807) is 19.4 Å². The molecule has 0 saturated carbocycles. The molecule has 2 aliphatic heterocycles. The molecule has 2 fully saturated rings. The minimum atomic E-state index is -1.49. The first-order valence-electron chi connectivity index (χ1n) is 8.57. The smallest absolute Gasteiger partial charge is 0.243 e. The van der Waals surface area contributed by atoms with Crippen LogP contribution in [0.4, 0.5) is 0 Å². The number of carbonyl (C=O) groups is 6. The van der Waals surface area contributed by atoms with Crippen molar-refractivity contribution in [1.82, 2.24) is 9.80 Å². The minimum Gasteiger partial charge on any atom is -0.301 e. The zero-order valence-corrected chi connectivity index (χ0v) is 17.0. The van der Waals surface area contributed by atoms with Crippen LogP contribution in [-0.4, -0.2) is 80.6 Å². The maximum Gasteiger partial charge on any atom is 0.243 e. The first kappa shape index (κ1) is 21.6. The Morgan fingerprint density at radius 3 is 1.93 bits per heavy atom. The van der Waals surface area contributed by atoms with Crippen LogP contribution in [0.3, 0.4) is 0 Å². The van der Waals surface area contributed by atoms with Crippen molar-refractivity contribution >= 4 is 59.2 Å². The van der Waals surface area contributed by atoms with Gasteiger partial charge in [0, 0.05) is 19.3 Å². The highest BCUT2D eigenvalue weighted by molar-refractivity contribution is 8.00. The van der Waals surface area contributed by atoms with Gasteiger partial charge in [0.15, 0.2) is 5.78 Å². The number of imide groups is 2. The second kappa shape index (κ2) is 9.01. The highest BCUT2D eigenvalue weighted by Crippen LogP contribution is 2.31. The van der Waals surface area contributed by atoms with Crippen LogP contribution in [0.25, 0.3) is 0 Å². The molecule has 0 bridgehead atoms. The molecule has 8 nitrogen and oxygen atoms in total. The van der Waals surface area contributed by atoms with Crippen molar-refractivity contribution in [3.05, 3.63) is 0 Å². The van der Waals surface area contributed by atoms with Crippen molar-refractivity contribution < 1.29 is 28.8 Å². The lowest BCUT2D eigenvalue weighted by Gasteiger charge is -2.33. The van der Waals surface area contributed by atoms with Gasteiger partial charge in [0.25, 0.3) is 0 Å². The van der Waals surface area contributed by atoms with Gasteiger partial charge in [-0.05, 0) is 18.9 Å². The fourth-order valence-electron chi connectivity index (χ4n) is 3.38. The van der Waals surface area contributed by atoms with Gasteiger partial charge in [-0.15, -0.1) is 0 Å². The summed E-state index contributed by atoms with van der Waals surface area (Å²) in [5.74, 6) is -2.78. The molecular formula is C17H22N2O6S2. The van der Waals surface area contributed by atoms with E-state index in [2.05, 4.69) is 0 Å². The van der Waals surface area contributed by atoms with Crippen LogP contribution in [0.5, 0.6) is 0 Å². The number of carbonyl (C=O) groups excluding carboxylic acids is 6. The molecule has 148 valence electrons. The topological polar surface area (TPSA) is 109 Å². The Balaban J connectivity index is 2.46. The van der Waals surface area contributed by atoms with Crippen molar-refractivity contribution in [2.24, 2.45) is 0 Å². The Morgan fingerprint density at radius 2 is 1.52 bits per heavy atom. The van der Waals surface area contributed by atoms with Crippen molar-refractivity contribution in [3.8, 4) is 0 Å². The normalized spacial score (nSPS) is 25.3. The van der Waals surface area contributed by atoms with E-state index in [9.17, 15) is 28.8 Å². The molecule has 0 aromatic heterocycles. The molecule has 4 amide bonds. The summed E-state index contributed by atoms with van der Waals surface area (Å²) in [7, 11) is 0. The molecule has 0 radical (unpaired) electrons. The number of aldehydes is 1. The van der Waals surface area contributed by atoms with E-state index in [1.807, 2.05) is 0 Å². The van der Waals surface area contributed by atoms with Crippen LogP contribution in [0.2, 0.25) is 0 Å². The Labute approximate surface area is 165 Å². The minimum absolute atomic E-state index is 0.0260. The number of Topliss-reactive ketones (excluding diaryl/α,β-unsaturated/α-hetero) is 1. The van der Waals surface area contributed by atoms with Crippen molar-refractivity contribution in [2.45, 2.75) is 55.2 Å².